The molecule has 19 heavy (non-hydrogen) atoms. The van der Waals surface area contributed by atoms with Crippen LogP contribution in [0, 0.1) is 11.7 Å². The normalized spacial score (nSPS) is 13.8. The van der Waals surface area contributed by atoms with Crippen molar-refractivity contribution in [3.05, 3.63) is 34.6 Å². The van der Waals surface area contributed by atoms with Gasteiger partial charge in [-0.05, 0) is 18.7 Å². The highest BCUT2D eigenvalue weighted by Crippen LogP contribution is 2.16. The van der Waals surface area contributed by atoms with E-state index in [1.165, 1.54) is 6.07 Å². The standard InChI is InChI=1S/C13H19ClFN3O/c1-3-18(7-9(2)13(16)17-19)8-10-4-5-11(14)6-12(10)15/h4-6,9,19H,3,7-8H2,1-2H3,(H2,16,17). The third-order valence-electron chi connectivity index (χ3n) is 3.01. The van der Waals surface area contributed by atoms with Gasteiger partial charge >= 0.3 is 0 Å². The van der Waals surface area contributed by atoms with Crippen molar-refractivity contribution >= 4 is 17.4 Å². The Morgan fingerprint density at radius 2 is 2.26 bits per heavy atom. The van der Waals surface area contributed by atoms with Gasteiger partial charge in [-0.15, -0.1) is 0 Å². The zero-order chi connectivity index (χ0) is 14.4. The molecule has 1 unspecified atom stereocenters. The highest BCUT2D eigenvalue weighted by molar-refractivity contribution is 6.30. The lowest BCUT2D eigenvalue weighted by Crippen LogP contribution is -2.34. The summed E-state index contributed by atoms with van der Waals surface area (Å²) < 4.78 is 13.7. The molecule has 0 bridgehead atoms. The molecule has 0 saturated heterocycles. The predicted molar refractivity (Wildman–Crippen MR) is 74.9 cm³/mol. The number of oxime groups is 1. The zero-order valence-electron chi connectivity index (χ0n) is 11.1. The van der Waals surface area contributed by atoms with Crippen LogP contribution < -0.4 is 5.73 Å². The summed E-state index contributed by atoms with van der Waals surface area (Å²) in [5.74, 6) is -0.238. The van der Waals surface area contributed by atoms with Gasteiger partial charge in [-0.25, -0.2) is 4.39 Å². The third-order valence-corrected chi connectivity index (χ3v) is 3.24. The van der Waals surface area contributed by atoms with E-state index >= 15 is 0 Å². The van der Waals surface area contributed by atoms with Crippen molar-refractivity contribution in [2.75, 3.05) is 13.1 Å². The topological polar surface area (TPSA) is 61.8 Å². The summed E-state index contributed by atoms with van der Waals surface area (Å²) in [5, 5.41) is 12.0. The monoisotopic (exact) mass is 287 g/mol. The Hall–Kier alpha value is -1.33. The van der Waals surface area contributed by atoms with Crippen molar-refractivity contribution in [1.29, 1.82) is 0 Å². The molecule has 0 saturated carbocycles. The van der Waals surface area contributed by atoms with E-state index in [4.69, 9.17) is 22.5 Å². The maximum Gasteiger partial charge on any atom is 0.143 e. The lowest BCUT2D eigenvalue weighted by atomic mass is 10.1. The number of halogens is 2. The predicted octanol–water partition coefficient (Wildman–Crippen LogP) is 2.68. The van der Waals surface area contributed by atoms with Crippen molar-refractivity contribution in [2.45, 2.75) is 20.4 Å². The smallest absolute Gasteiger partial charge is 0.143 e. The number of amidine groups is 1. The maximum absolute atomic E-state index is 13.7. The van der Waals surface area contributed by atoms with Crippen LogP contribution in [0.25, 0.3) is 0 Å². The summed E-state index contributed by atoms with van der Waals surface area (Å²) in [4.78, 5) is 2.02. The molecule has 106 valence electrons. The highest BCUT2D eigenvalue weighted by Gasteiger charge is 2.14. The van der Waals surface area contributed by atoms with Gasteiger partial charge in [0, 0.05) is 29.6 Å². The Morgan fingerprint density at radius 3 is 2.79 bits per heavy atom. The summed E-state index contributed by atoms with van der Waals surface area (Å²) >= 11 is 5.72. The summed E-state index contributed by atoms with van der Waals surface area (Å²) in [6.45, 7) is 5.63. The van der Waals surface area contributed by atoms with Crippen molar-refractivity contribution in [3.63, 3.8) is 0 Å². The Balaban J connectivity index is 2.71. The minimum absolute atomic E-state index is 0.0969. The van der Waals surface area contributed by atoms with Gasteiger partial charge in [0.2, 0.25) is 0 Å². The molecular weight excluding hydrogens is 269 g/mol. The average molecular weight is 288 g/mol. The molecule has 0 amide bonds. The fraction of sp³-hybridized carbons (Fsp3) is 0.462. The van der Waals surface area contributed by atoms with Crippen LogP contribution in [0.2, 0.25) is 5.02 Å². The SMILES string of the molecule is CCN(Cc1ccc(Cl)cc1F)CC(C)/C(N)=N/O. The molecule has 4 nitrogen and oxygen atoms in total. The fourth-order valence-corrected chi connectivity index (χ4v) is 1.93. The van der Waals surface area contributed by atoms with Crippen molar-refractivity contribution in [1.82, 2.24) is 4.90 Å². The first-order valence-corrected chi connectivity index (χ1v) is 6.49. The van der Waals surface area contributed by atoms with Crippen LogP contribution in [0.4, 0.5) is 4.39 Å². The third kappa shape index (κ3) is 4.69. The summed E-state index contributed by atoms with van der Waals surface area (Å²) in [6.07, 6.45) is 0. The molecule has 6 heteroatoms. The van der Waals surface area contributed by atoms with Crippen LogP contribution in [-0.2, 0) is 6.54 Å². The van der Waals surface area contributed by atoms with Gasteiger partial charge in [0.1, 0.15) is 11.7 Å². The van der Waals surface area contributed by atoms with Crippen LogP contribution >= 0.6 is 11.6 Å². The van der Waals surface area contributed by atoms with Crippen LogP contribution in [0.5, 0.6) is 0 Å². The number of nitrogens with two attached hydrogens (primary N) is 1. The average Bonchev–Trinajstić information content (AvgIpc) is 2.39. The van der Waals surface area contributed by atoms with Crippen LogP contribution in [0.3, 0.4) is 0 Å². The summed E-state index contributed by atoms with van der Waals surface area (Å²) in [5.41, 5.74) is 6.13. The lowest BCUT2D eigenvalue weighted by molar-refractivity contribution is 0.254. The van der Waals surface area contributed by atoms with E-state index in [1.807, 2.05) is 18.7 Å². The molecule has 1 aromatic carbocycles. The van der Waals surface area contributed by atoms with Gasteiger partial charge < -0.3 is 10.9 Å². The van der Waals surface area contributed by atoms with E-state index in [0.717, 1.165) is 6.54 Å². The molecule has 0 aliphatic rings. The fourth-order valence-electron chi connectivity index (χ4n) is 1.78. The summed E-state index contributed by atoms with van der Waals surface area (Å²) in [7, 11) is 0. The Labute approximate surface area is 117 Å². The minimum atomic E-state index is -0.317. The second kappa shape index (κ2) is 7.31. The van der Waals surface area contributed by atoms with Crippen LogP contribution in [0.15, 0.2) is 23.4 Å². The number of hydrogen-bond donors (Lipinski definition) is 2. The van der Waals surface area contributed by atoms with E-state index in [-0.39, 0.29) is 17.6 Å². The Kier molecular flexibility index (Phi) is 6.05. The molecule has 0 aliphatic heterocycles. The molecule has 0 radical (unpaired) electrons. The van der Waals surface area contributed by atoms with E-state index in [1.54, 1.807) is 12.1 Å². The maximum atomic E-state index is 13.7. The zero-order valence-corrected chi connectivity index (χ0v) is 11.9. The molecule has 1 rings (SSSR count). The van der Waals surface area contributed by atoms with Gasteiger partial charge in [-0.1, -0.05) is 36.7 Å². The molecule has 0 fully saturated rings. The second-order valence-electron chi connectivity index (χ2n) is 4.49. The first kappa shape index (κ1) is 15.7. The Morgan fingerprint density at radius 1 is 1.58 bits per heavy atom. The number of nitrogens with zero attached hydrogens (tertiary/aromatic N) is 2. The molecule has 0 aliphatic carbocycles. The van der Waals surface area contributed by atoms with Gasteiger partial charge in [0.25, 0.3) is 0 Å². The first-order chi connectivity index (χ1) is 8.97. The van der Waals surface area contributed by atoms with Crippen LogP contribution in [-0.4, -0.2) is 29.0 Å². The van der Waals surface area contributed by atoms with Crippen LogP contribution in [0.1, 0.15) is 19.4 Å². The number of benzene rings is 1. The van der Waals surface area contributed by atoms with Gasteiger partial charge in [-0.3, -0.25) is 4.90 Å². The quantitative estimate of drug-likeness (QED) is 0.366. The first-order valence-electron chi connectivity index (χ1n) is 6.11. The largest absolute Gasteiger partial charge is 0.409 e. The van der Waals surface area contributed by atoms with Gasteiger partial charge in [0.05, 0.1) is 0 Å². The lowest BCUT2D eigenvalue weighted by Gasteiger charge is -2.24. The van der Waals surface area contributed by atoms with Gasteiger partial charge in [-0.2, -0.15) is 0 Å². The van der Waals surface area contributed by atoms with Crippen molar-refractivity contribution in [2.24, 2.45) is 16.8 Å². The number of hydrogen-bond acceptors (Lipinski definition) is 3. The molecule has 1 atom stereocenters. The Bertz CT molecular complexity index is 454. The van der Waals surface area contributed by atoms with E-state index in [2.05, 4.69) is 5.16 Å². The minimum Gasteiger partial charge on any atom is -0.409 e. The second-order valence-corrected chi connectivity index (χ2v) is 4.93. The number of rotatable bonds is 6. The molecule has 1 aromatic rings. The van der Waals surface area contributed by atoms with Crippen molar-refractivity contribution in [3.8, 4) is 0 Å². The molecule has 3 N–H and O–H groups in total. The van der Waals surface area contributed by atoms with Crippen molar-refractivity contribution < 1.29 is 9.60 Å². The molecule has 0 heterocycles. The van der Waals surface area contributed by atoms with E-state index < -0.39 is 0 Å². The van der Waals surface area contributed by atoms with E-state index in [0.29, 0.717) is 23.7 Å². The molecule has 0 spiro atoms. The molecular formula is C13H19ClFN3O. The summed E-state index contributed by atoms with van der Waals surface area (Å²) in [6, 6.07) is 4.65. The van der Waals surface area contributed by atoms with Gasteiger partial charge in [0.15, 0.2) is 0 Å². The highest BCUT2D eigenvalue weighted by atomic mass is 35.5. The van der Waals surface area contributed by atoms with E-state index in [9.17, 15) is 4.39 Å². The molecule has 0 aromatic heterocycles.